The molecular weight excluding hydrogens is 547 g/mol. The van der Waals surface area contributed by atoms with E-state index in [0.29, 0.717) is 23.4 Å². The van der Waals surface area contributed by atoms with E-state index in [0.717, 1.165) is 11.6 Å². The normalized spacial score (nSPS) is 15.0. The number of thiocarbonyl (C=S) groups is 1. The zero-order valence-electron chi connectivity index (χ0n) is 19.2. The molecule has 1 heterocycles. The molecule has 1 aliphatic rings. The Morgan fingerprint density at radius 1 is 1.08 bits per heavy atom. The Morgan fingerprint density at radius 3 is 2.39 bits per heavy atom. The van der Waals surface area contributed by atoms with Crippen molar-refractivity contribution in [1.82, 2.24) is 5.32 Å². The van der Waals surface area contributed by atoms with Crippen LogP contribution < -0.4 is 15.0 Å². The molecule has 194 valence electrons. The largest absolute Gasteiger partial charge is 0.449 e. The zero-order chi connectivity index (χ0) is 27.8. The van der Waals surface area contributed by atoms with Gasteiger partial charge in [0.15, 0.2) is 5.11 Å². The summed E-state index contributed by atoms with van der Waals surface area (Å²) in [5.41, 5.74) is -0.794. The highest BCUT2D eigenvalue weighted by molar-refractivity contribution is 7.80. The molecule has 1 N–H and O–H groups in total. The molecule has 4 rings (SSSR count). The first-order valence-electron chi connectivity index (χ1n) is 10.7. The van der Waals surface area contributed by atoms with Gasteiger partial charge < -0.3 is 4.74 Å². The first-order chi connectivity index (χ1) is 17.9. The Kier molecular flexibility index (Phi) is 7.20. The number of rotatable bonds is 5. The summed E-state index contributed by atoms with van der Waals surface area (Å²) >= 11 is 11.4. The number of halogens is 4. The number of carbonyl (C=O) groups is 2. The minimum absolute atomic E-state index is 0.0774. The minimum atomic E-state index is -4.78. The van der Waals surface area contributed by atoms with Crippen molar-refractivity contribution in [3.05, 3.63) is 98.1 Å². The summed E-state index contributed by atoms with van der Waals surface area (Å²) in [7, 11) is 0. The minimum Gasteiger partial charge on any atom is -0.449 e. The molecule has 3 aromatic rings. The predicted octanol–water partition coefficient (Wildman–Crippen LogP) is 6.20. The van der Waals surface area contributed by atoms with Crippen LogP contribution in [0, 0.1) is 17.0 Å². The van der Waals surface area contributed by atoms with E-state index in [4.69, 9.17) is 28.6 Å². The van der Waals surface area contributed by atoms with Gasteiger partial charge in [-0.1, -0.05) is 35.9 Å². The molecular formula is C25H15ClF3N3O5S. The summed E-state index contributed by atoms with van der Waals surface area (Å²) in [5, 5.41) is 13.6. The Balaban J connectivity index is 1.64. The molecule has 8 nitrogen and oxygen atoms in total. The third kappa shape index (κ3) is 5.36. The van der Waals surface area contributed by atoms with Crippen LogP contribution in [0.15, 0.2) is 66.2 Å². The van der Waals surface area contributed by atoms with Crippen LogP contribution in [-0.4, -0.2) is 21.9 Å². The number of carbonyl (C=O) groups excluding carboxylic acids is 2. The highest BCUT2D eigenvalue weighted by atomic mass is 35.5. The lowest BCUT2D eigenvalue weighted by Gasteiger charge is -2.30. The Morgan fingerprint density at radius 2 is 1.76 bits per heavy atom. The maximum Gasteiger partial charge on any atom is 0.416 e. The van der Waals surface area contributed by atoms with Crippen molar-refractivity contribution in [1.29, 1.82) is 0 Å². The van der Waals surface area contributed by atoms with Crippen molar-refractivity contribution < 1.29 is 32.4 Å². The van der Waals surface area contributed by atoms with Gasteiger partial charge in [-0.3, -0.25) is 29.9 Å². The van der Waals surface area contributed by atoms with Crippen LogP contribution >= 0.6 is 23.8 Å². The number of amides is 2. The lowest BCUT2D eigenvalue weighted by molar-refractivity contribution is -0.385. The molecule has 0 unspecified atom stereocenters. The fourth-order valence-electron chi connectivity index (χ4n) is 3.59. The summed E-state index contributed by atoms with van der Waals surface area (Å²) in [6, 6.07) is 12.8. The van der Waals surface area contributed by atoms with Crippen LogP contribution in [-0.2, 0) is 15.8 Å². The fraction of sp³-hybridized carbons (Fsp3) is 0.0800. The Labute approximate surface area is 223 Å². The van der Waals surface area contributed by atoms with Crippen LogP contribution in [0.1, 0.15) is 16.7 Å². The maximum absolute atomic E-state index is 13.2. The lowest BCUT2D eigenvalue weighted by atomic mass is 10.1. The predicted molar refractivity (Wildman–Crippen MR) is 137 cm³/mol. The highest BCUT2D eigenvalue weighted by Crippen LogP contribution is 2.39. The van der Waals surface area contributed by atoms with Crippen molar-refractivity contribution in [2.45, 2.75) is 13.1 Å². The van der Waals surface area contributed by atoms with Gasteiger partial charge in [0.25, 0.3) is 11.8 Å². The molecule has 0 bridgehead atoms. The number of aryl methyl sites for hydroxylation is 1. The van der Waals surface area contributed by atoms with Gasteiger partial charge in [-0.25, -0.2) is 0 Å². The van der Waals surface area contributed by atoms with Gasteiger partial charge in [0.2, 0.25) is 5.75 Å². The van der Waals surface area contributed by atoms with Crippen LogP contribution in [0.25, 0.3) is 6.08 Å². The van der Waals surface area contributed by atoms with Gasteiger partial charge in [-0.2, -0.15) is 13.2 Å². The second kappa shape index (κ2) is 10.2. The van der Waals surface area contributed by atoms with Crippen LogP contribution in [0.4, 0.5) is 24.5 Å². The van der Waals surface area contributed by atoms with Gasteiger partial charge >= 0.3 is 11.9 Å². The van der Waals surface area contributed by atoms with E-state index in [2.05, 4.69) is 5.32 Å². The van der Waals surface area contributed by atoms with Crippen LogP contribution in [0.2, 0.25) is 5.02 Å². The average Bonchev–Trinajstić information content (AvgIpc) is 2.84. The molecule has 0 atom stereocenters. The van der Waals surface area contributed by atoms with E-state index in [-0.39, 0.29) is 21.5 Å². The fourth-order valence-corrected chi connectivity index (χ4v) is 4.09. The van der Waals surface area contributed by atoms with Crippen molar-refractivity contribution in [2.24, 2.45) is 0 Å². The number of hydrogen-bond acceptors (Lipinski definition) is 6. The molecule has 0 saturated carbocycles. The molecule has 0 aromatic heterocycles. The first-order valence-corrected chi connectivity index (χ1v) is 11.5. The molecule has 3 aromatic carbocycles. The summed E-state index contributed by atoms with van der Waals surface area (Å²) in [4.78, 5) is 37.3. The quantitative estimate of drug-likeness (QED) is 0.131. The Bertz CT molecular complexity index is 1540. The zero-order valence-corrected chi connectivity index (χ0v) is 20.8. The van der Waals surface area contributed by atoms with Crippen molar-refractivity contribution in [2.75, 3.05) is 4.90 Å². The monoisotopic (exact) mass is 561 g/mol. The number of ether oxygens (including phenoxy) is 1. The van der Waals surface area contributed by atoms with E-state index in [1.54, 1.807) is 31.2 Å². The number of nitrogens with one attached hydrogen (secondary N) is 1. The van der Waals surface area contributed by atoms with Gasteiger partial charge in [0, 0.05) is 6.07 Å². The molecule has 0 spiro atoms. The number of nitro benzene ring substituents is 1. The van der Waals surface area contributed by atoms with Gasteiger partial charge in [-0.05, 0) is 66.7 Å². The summed E-state index contributed by atoms with van der Waals surface area (Å²) < 4.78 is 44.3. The standard InChI is InChI=1S/C25H15ClF3N3O5S/c1-13-4-2-3-5-18(13)31-23(34)16(22(33)30-24(31)38)10-14-6-8-20(17(26)11-14)37-21-9-7-15(25(27,28)29)12-19(21)32(35)36/h2-12H,1H3,(H,30,33,38)/b16-10+. The van der Waals surface area contributed by atoms with Crippen molar-refractivity contribution in [3.63, 3.8) is 0 Å². The number of para-hydroxylation sites is 1. The summed E-state index contributed by atoms with van der Waals surface area (Å²) in [6.07, 6.45) is -3.50. The number of nitrogens with zero attached hydrogens (tertiary/aromatic N) is 2. The van der Waals surface area contributed by atoms with Crippen molar-refractivity contribution >= 4 is 58.2 Å². The molecule has 1 fully saturated rings. The molecule has 0 radical (unpaired) electrons. The number of benzene rings is 3. The number of hydrogen-bond donors (Lipinski definition) is 1. The average molecular weight is 562 g/mol. The summed E-state index contributed by atoms with van der Waals surface area (Å²) in [6.45, 7) is 1.78. The van der Waals surface area contributed by atoms with E-state index in [1.807, 2.05) is 0 Å². The van der Waals surface area contributed by atoms with E-state index in [1.165, 1.54) is 29.2 Å². The number of alkyl halides is 3. The Hall–Kier alpha value is -4.29. The van der Waals surface area contributed by atoms with Crippen LogP contribution in [0.5, 0.6) is 11.5 Å². The van der Waals surface area contributed by atoms with Crippen LogP contribution in [0.3, 0.4) is 0 Å². The molecule has 2 amide bonds. The highest BCUT2D eigenvalue weighted by Gasteiger charge is 2.35. The molecule has 13 heteroatoms. The number of anilines is 1. The topological polar surface area (TPSA) is 102 Å². The van der Waals surface area contributed by atoms with E-state index >= 15 is 0 Å². The number of nitro groups is 1. The second-order valence-electron chi connectivity index (χ2n) is 7.97. The van der Waals surface area contributed by atoms with Gasteiger partial charge in [0.05, 0.1) is 21.2 Å². The SMILES string of the molecule is Cc1ccccc1N1C(=O)/C(=C/c2ccc(Oc3ccc(C(F)(F)F)cc3[N+](=O)[O-])c(Cl)c2)C(=O)NC1=S. The maximum atomic E-state index is 13.2. The van der Waals surface area contributed by atoms with E-state index < -0.39 is 39.9 Å². The van der Waals surface area contributed by atoms with Gasteiger partial charge in [0.1, 0.15) is 11.3 Å². The van der Waals surface area contributed by atoms with E-state index in [9.17, 15) is 32.9 Å². The third-order valence-corrected chi connectivity index (χ3v) is 6.01. The molecule has 1 aliphatic heterocycles. The lowest BCUT2D eigenvalue weighted by Crippen LogP contribution is -2.54. The third-order valence-electron chi connectivity index (χ3n) is 5.43. The second-order valence-corrected chi connectivity index (χ2v) is 8.77. The molecule has 0 aliphatic carbocycles. The molecule has 1 saturated heterocycles. The first kappa shape index (κ1) is 26.8. The van der Waals surface area contributed by atoms with Gasteiger partial charge in [-0.15, -0.1) is 0 Å². The smallest absolute Gasteiger partial charge is 0.416 e. The summed E-state index contributed by atoms with van der Waals surface area (Å²) in [5.74, 6) is -1.94. The molecule has 38 heavy (non-hydrogen) atoms. The van der Waals surface area contributed by atoms with Crippen molar-refractivity contribution in [3.8, 4) is 11.5 Å².